The summed E-state index contributed by atoms with van der Waals surface area (Å²) < 4.78 is -0.802. The molecule has 0 saturated carbocycles. The summed E-state index contributed by atoms with van der Waals surface area (Å²) in [6.07, 6.45) is 3.27. The van der Waals surface area contributed by atoms with Crippen molar-refractivity contribution in [1.29, 1.82) is 0 Å². The first-order valence-electron chi connectivity index (χ1n) is 14.4. The Morgan fingerprint density at radius 1 is 1.13 bits per heavy atom. The van der Waals surface area contributed by atoms with Gasteiger partial charge in [0.15, 0.2) is 0 Å². The maximum absolute atomic E-state index is 13.6. The second kappa shape index (κ2) is 11.6. The highest BCUT2D eigenvalue weighted by Crippen LogP contribution is 2.50. The minimum absolute atomic E-state index is 0.0441. The molecule has 17 heteroatoms. The number of aromatic amines is 1. The first-order chi connectivity index (χ1) is 21.9. The van der Waals surface area contributed by atoms with Gasteiger partial charge in [0.1, 0.15) is 40.5 Å². The Morgan fingerprint density at radius 2 is 1.83 bits per heavy atom. The molecule has 4 atom stereocenters. The van der Waals surface area contributed by atoms with Gasteiger partial charge in [-0.3, -0.25) is 24.0 Å². The summed E-state index contributed by atoms with van der Waals surface area (Å²) >= 11 is 1.25. The minimum Gasteiger partial charge on any atom is -0.508 e. The van der Waals surface area contributed by atoms with E-state index in [0.717, 1.165) is 6.41 Å². The van der Waals surface area contributed by atoms with E-state index >= 15 is 0 Å². The Bertz CT molecular complexity index is 1810. The fraction of sp³-hybridized carbons (Fsp3) is 0.379. The highest BCUT2D eigenvalue weighted by molar-refractivity contribution is 8.01. The van der Waals surface area contributed by atoms with Crippen LogP contribution in [0.3, 0.4) is 0 Å². The third-order valence-corrected chi connectivity index (χ3v) is 9.92. The first-order valence-corrected chi connectivity index (χ1v) is 15.2. The first kappa shape index (κ1) is 30.8. The Kier molecular flexibility index (Phi) is 7.79. The largest absolute Gasteiger partial charge is 0.508 e. The van der Waals surface area contributed by atoms with Gasteiger partial charge < -0.3 is 40.5 Å². The fourth-order valence-corrected chi connectivity index (χ4v) is 7.53. The number of phenolic OH excluding ortho intramolecular Hbond substituents is 1. The summed E-state index contributed by atoms with van der Waals surface area (Å²) in [7, 11) is 0. The van der Waals surface area contributed by atoms with Crippen LogP contribution >= 0.6 is 11.8 Å². The second-order valence-corrected chi connectivity index (χ2v) is 13.4. The van der Waals surface area contributed by atoms with Crippen molar-refractivity contribution in [3.05, 3.63) is 58.0 Å². The number of aromatic nitrogens is 3. The number of nitrogens with one attached hydrogen (secondary N) is 3. The van der Waals surface area contributed by atoms with Gasteiger partial charge in [0.2, 0.25) is 29.6 Å². The predicted octanol–water partition coefficient (Wildman–Crippen LogP) is -0.595. The Labute approximate surface area is 265 Å². The van der Waals surface area contributed by atoms with Gasteiger partial charge >= 0.3 is 5.97 Å². The summed E-state index contributed by atoms with van der Waals surface area (Å²) in [5, 5.41) is 24.1. The van der Waals surface area contributed by atoms with Crippen molar-refractivity contribution in [2.24, 2.45) is 0 Å². The van der Waals surface area contributed by atoms with Crippen LogP contribution in [-0.2, 0) is 19.2 Å². The fourth-order valence-electron chi connectivity index (χ4n) is 5.91. The van der Waals surface area contributed by atoms with E-state index in [-0.39, 0.29) is 27.9 Å². The molecule has 3 aliphatic rings. The van der Waals surface area contributed by atoms with E-state index in [1.165, 1.54) is 53.3 Å². The van der Waals surface area contributed by atoms with Gasteiger partial charge in [-0.15, -0.1) is 11.8 Å². The summed E-state index contributed by atoms with van der Waals surface area (Å²) in [6, 6.07) is 1.98. The molecule has 1 unspecified atom stereocenters. The topological polar surface area (TPSA) is 218 Å². The zero-order chi connectivity index (χ0) is 32.9. The number of H-pyrrole nitrogens is 1. The molecule has 16 nitrogen and oxygen atoms in total. The molecule has 1 aromatic carbocycles. The van der Waals surface area contributed by atoms with E-state index in [2.05, 4.69) is 25.6 Å². The molecule has 2 aromatic heterocycles. The lowest BCUT2D eigenvalue weighted by Gasteiger charge is -2.44. The SMILES string of the molecule is CC1(C)S[C@@H]2[C@H](NC(=O)C(NC(=O)c3c[nH]c4nc(N5CCN(C=O)CC5)ncc4c3=O)c3ccc(O)cc3)C(=O)N2[C@H]1C(=O)O. The number of hydrogen-bond donors (Lipinski definition) is 5. The number of piperazine rings is 1. The van der Waals surface area contributed by atoms with E-state index in [9.17, 15) is 39.0 Å². The number of carboxylic acids is 1. The second-order valence-electron chi connectivity index (χ2n) is 11.7. The zero-order valence-corrected chi connectivity index (χ0v) is 25.5. The number of nitrogens with zero attached hydrogens (tertiary/aromatic N) is 5. The Balaban J connectivity index is 1.22. The normalized spacial score (nSPS) is 22.5. The van der Waals surface area contributed by atoms with Crippen LogP contribution in [0.25, 0.3) is 11.0 Å². The molecule has 5 N–H and O–H groups in total. The lowest BCUT2D eigenvalue weighted by Crippen LogP contribution is -2.71. The van der Waals surface area contributed by atoms with Crippen molar-refractivity contribution in [1.82, 2.24) is 35.4 Å². The van der Waals surface area contributed by atoms with E-state index in [1.807, 2.05) is 4.90 Å². The molecule has 0 aliphatic carbocycles. The van der Waals surface area contributed by atoms with E-state index in [1.54, 1.807) is 18.7 Å². The number of thioether (sulfide) groups is 1. The maximum atomic E-state index is 13.6. The number of carbonyl (C=O) groups excluding carboxylic acids is 4. The van der Waals surface area contributed by atoms with Crippen LogP contribution in [0.5, 0.6) is 5.75 Å². The molecule has 3 saturated heterocycles. The van der Waals surface area contributed by atoms with Crippen molar-refractivity contribution < 1.29 is 34.2 Å². The molecule has 0 spiro atoms. The highest BCUT2D eigenvalue weighted by atomic mass is 32.2. The van der Waals surface area contributed by atoms with E-state index in [0.29, 0.717) is 32.1 Å². The number of β-lactam (4-membered cyclic amide) rings is 1. The number of carbonyl (C=O) groups is 5. The third kappa shape index (κ3) is 5.35. The molecule has 3 aromatic rings. The molecule has 3 aliphatic heterocycles. The van der Waals surface area contributed by atoms with Crippen molar-refractivity contribution in [2.75, 3.05) is 31.1 Å². The summed E-state index contributed by atoms with van der Waals surface area (Å²) in [5.74, 6) is -3.09. The van der Waals surface area contributed by atoms with Gasteiger partial charge in [-0.05, 0) is 31.5 Å². The monoisotopic (exact) mass is 650 g/mol. The Morgan fingerprint density at radius 3 is 2.48 bits per heavy atom. The molecule has 0 bridgehead atoms. The number of phenols is 1. The maximum Gasteiger partial charge on any atom is 0.327 e. The van der Waals surface area contributed by atoms with Crippen molar-refractivity contribution in [3.8, 4) is 5.75 Å². The number of fused-ring (bicyclic) bond motifs is 2. The number of aromatic hydroxyl groups is 1. The van der Waals surface area contributed by atoms with Gasteiger partial charge in [-0.1, -0.05) is 12.1 Å². The number of benzene rings is 1. The molecular weight excluding hydrogens is 620 g/mol. The molecule has 4 amide bonds. The predicted molar refractivity (Wildman–Crippen MR) is 164 cm³/mol. The molecule has 0 radical (unpaired) electrons. The van der Waals surface area contributed by atoms with Crippen LogP contribution in [-0.4, -0.2) is 113 Å². The quantitative estimate of drug-likeness (QED) is 0.153. The molecular formula is C29H30N8O8S. The van der Waals surface area contributed by atoms with Crippen molar-refractivity contribution in [2.45, 2.75) is 42.1 Å². The van der Waals surface area contributed by atoms with Crippen molar-refractivity contribution in [3.63, 3.8) is 0 Å². The smallest absolute Gasteiger partial charge is 0.327 e. The zero-order valence-electron chi connectivity index (χ0n) is 24.7. The number of anilines is 1. The van der Waals surface area contributed by atoms with Gasteiger partial charge in [0, 0.05) is 43.3 Å². The van der Waals surface area contributed by atoms with Crippen LogP contribution < -0.4 is 21.0 Å². The van der Waals surface area contributed by atoms with Crippen LogP contribution in [0.2, 0.25) is 0 Å². The molecule has 46 heavy (non-hydrogen) atoms. The summed E-state index contributed by atoms with van der Waals surface area (Å²) in [5.41, 5.74) is -0.539. The number of rotatable bonds is 8. The van der Waals surface area contributed by atoms with Crippen LogP contribution in [0.4, 0.5) is 5.95 Å². The summed E-state index contributed by atoms with van der Waals surface area (Å²) in [4.78, 5) is 92.6. The lowest BCUT2D eigenvalue weighted by atomic mass is 9.95. The summed E-state index contributed by atoms with van der Waals surface area (Å²) in [6.45, 7) is 5.45. The van der Waals surface area contributed by atoms with Crippen molar-refractivity contribution >= 4 is 58.8 Å². The molecule has 240 valence electrons. The van der Waals surface area contributed by atoms with Crippen LogP contribution in [0, 0.1) is 0 Å². The van der Waals surface area contributed by atoms with Gasteiger partial charge in [-0.2, -0.15) is 4.98 Å². The van der Waals surface area contributed by atoms with Crippen LogP contribution in [0.1, 0.15) is 35.8 Å². The minimum atomic E-state index is -1.39. The van der Waals surface area contributed by atoms with E-state index < -0.39 is 57.4 Å². The highest BCUT2D eigenvalue weighted by Gasteiger charge is 2.64. The average molecular weight is 651 g/mol. The van der Waals surface area contributed by atoms with E-state index in [4.69, 9.17) is 0 Å². The van der Waals surface area contributed by atoms with Gasteiger partial charge in [0.05, 0.1) is 5.39 Å². The average Bonchev–Trinajstić information content (AvgIpc) is 3.30. The standard InChI is InChI=1S/C29H30N8O8S/c1-29(2)21(27(44)45)37-25(43)19(26(37)46-29)33-24(42)18(14-3-5-15(39)6-4-14)32-23(41)17-12-30-22-16(20(17)40)11-31-28(34-22)36-9-7-35(13-38)8-10-36/h3-6,11-13,18-19,21,26,39H,7-10H2,1-2H3,(H,32,41)(H,33,42)(H,44,45)(H,30,31,34,40)/t18?,19-,21+,26-/m1/s1. The number of amides is 4. The number of aliphatic carboxylic acids is 1. The number of carboxylic acid groups (broad SMARTS) is 1. The molecule has 3 fully saturated rings. The lowest BCUT2D eigenvalue weighted by molar-refractivity contribution is -0.161. The molecule has 6 rings (SSSR count). The third-order valence-electron chi connectivity index (χ3n) is 8.35. The Hall–Kier alpha value is -5.19. The molecule has 5 heterocycles. The van der Waals surface area contributed by atoms with Gasteiger partial charge in [-0.25, -0.2) is 9.78 Å². The number of hydrogen-bond acceptors (Lipinski definition) is 11. The van der Waals surface area contributed by atoms with Crippen LogP contribution in [0.15, 0.2) is 41.5 Å². The number of pyridine rings is 1. The van der Waals surface area contributed by atoms with Gasteiger partial charge in [0.25, 0.3) is 5.91 Å².